The van der Waals surface area contributed by atoms with E-state index in [4.69, 9.17) is 6.72 Å². The summed E-state index contributed by atoms with van der Waals surface area (Å²) < 4.78 is 25.8. The molecule has 0 bridgehead atoms. The van der Waals surface area contributed by atoms with Gasteiger partial charge in [-0.2, -0.15) is 0 Å². The van der Waals surface area contributed by atoms with Crippen molar-refractivity contribution in [3.63, 3.8) is 0 Å². The van der Waals surface area contributed by atoms with Gasteiger partial charge in [0.05, 0.1) is 0 Å². The molecule has 1 aromatic heterocycles. The van der Waals surface area contributed by atoms with Crippen LogP contribution in [-0.4, -0.2) is 11.7 Å². The number of halogens is 3. The van der Waals surface area contributed by atoms with E-state index < -0.39 is 11.6 Å². The summed E-state index contributed by atoms with van der Waals surface area (Å²) >= 11 is 1.47. The summed E-state index contributed by atoms with van der Waals surface area (Å²) in [6.07, 6.45) is 1.55. The Balaban J connectivity index is 0.000000246. The Morgan fingerprint density at radius 2 is 1.76 bits per heavy atom. The standard InChI is InChI=1S/C11H6F2N.C8H8N.ClH.Ir/c12-8-4-5-9(10(13)7-8)11-3-1-2-6-14-11;1-9-7-8-5-3-2-4-6-8;;/h1-4,6-7H;1-6H,7H2;1H;/q2*-1;;+3/p-1. The molecule has 2 aromatic carbocycles. The molecular weight excluding hydrogens is 522 g/mol. The van der Waals surface area contributed by atoms with E-state index in [0.717, 1.165) is 17.7 Å². The van der Waals surface area contributed by atoms with E-state index in [0.29, 0.717) is 12.2 Å². The number of nitrogens with zero attached hydrogens (tertiary/aromatic N) is 2. The maximum atomic E-state index is 13.2. The van der Waals surface area contributed by atoms with Crippen molar-refractivity contribution < 1.29 is 26.7 Å². The van der Waals surface area contributed by atoms with Crippen LogP contribution >= 0.6 is 9.58 Å². The Hall–Kier alpha value is -1.94. The van der Waals surface area contributed by atoms with Crippen LogP contribution in [0.15, 0.2) is 71.9 Å². The average Bonchev–Trinajstić information content (AvgIpc) is 2.66. The monoisotopic (exact) mass is 536 g/mol. The van der Waals surface area contributed by atoms with Crippen LogP contribution in [-0.2, 0) is 24.4 Å². The van der Waals surface area contributed by atoms with Crippen LogP contribution in [0.5, 0.6) is 0 Å². The molecule has 3 rings (SSSR count). The van der Waals surface area contributed by atoms with Gasteiger partial charge in [-0.15, -0.1) is 12.1 Å². The molecule has 0 aliphatic rings. The normalized spacial score (nSPS) is 9.12. The Bertz CT molecular complexity index is 756. The number of hydrogen-bond donors (Lipinski definition) is 0. The van der Waals surface area contributed by atoms with Crippen molar-refractivity contribution in [3.8, 4) is 11.3 Å². The van der Waals surface area contributed by atoms with Gasteiger partial charge in [0.2, 0.25) is 0 Å². The van der Waals surface area contributed by atoms with Crippen molar-refractivity contribution in [2.24, 2.45) is 4.99 Å². The van der Waals surface area contributed by atoms with E-state index in [1.54, 1.807) is 24.4 Å². The SMILES string of the molecule is Fc1c[c-]c(-c2ccccn2)c(F)c1.[CH-]=NCc1ccccc1.[Cl][Ir+2]. The molecule has 0 amide bonds. The predicted molar refractivity (Wildman–Crippen MR) is 92.9 cm³/mol. The van der Waals surface area contributed by atoms with Crippen molar-refractivity contribution in [3.05, 3.63) is 90.1 Å². The molecule has 25 heavy (non-hydrogen) atoms. The van der Waals surface area contributed by atoms with Gasteiger partial charge in [0, 0.05) is 24.4 Å². The molecule has 6 heteroatoms. The Morgan fingerprint density at radius 3 is 2.32 bits per heavy atom. The third-order valence-corrected chi connectivity index (χ3v) is 2.90. The van der Waals surface area contributed by atoms with E-state index >= 15 is 0 Å². The zero-order chi connectivity index (χ0) is 18.5. The molecule has 3 aromatic rings. The Labute approximate surface area is 160 Å². The summed E-state index contributed by atoms with van der Waals surface area (Å²) in [7, 11) is 4.64. The van der Waals surface area contributed by atoms with Crippen LogP contribution in [0.2, 0.25) is 0 Å². The van der Waals surface area contributed by atoms with Gasteiger partial charge in [-0.3, -0.25) is 8.78 Å². The van der Waals surface area contributed by atoms with Crippen molar-refractivity contribution in [2.75, 3.05) is 0 Å². The van der Waals surface area contributed by atoms with Gasteiger partial charge in [0.25, 0.3) is 0 Å². The second kappa shape index (κ2) is 12.4. The fourth-order valence-corrected chi connectivity index (χ4v) is 1.84. The zero-order valence-electron chi connectivity index (χ0n) is 13.0. The predicted octanol–water partition coefficient (Wildman–Crippen LogP) is 5.28. The van der Waals surface area contributed by atoms with E-state index in [9.17, 15) is 8.78 Å². The second-order valence-corrected chi connectivity index (χ2v) is 4.58. The molecule has 0 atom stereocenters. The molecule has 0 aliphatic carbocycles. The number of hydrogen-bond acceptors (Lipinski definition) is 2. The van der Waals surface area contributed by atoms with Crippen LogP contribution in [0.25, 0.3) is 11.3 Å². The summed E-state index contributed by atoms with van der Waals surface area (Å²) in [6.45, 7) is 5.60. The number of aliphatic imine (C=N–C) groups is 1. The zero-order valence-corrected chi connectivity index (χ0v) is 16.1. The Kier molecular flexibility index (Phi) is 10.5. The van der Waals surface area contributed by atoms with Gasteiger partial charge in [0.15, 0.2) is 0 Å². The van der Waals surface area contributed by atoms with Gasteiger partial charge >= 0.3 is 27.5 Å². The molecule has 0 N–H and O–H groups in total. The second-order valence-electron chi connectivity index (χ2n) is 4.58. The number of benzene rings is 2. The van der Waals surface area contributed by atoms with Crippen molar-refractivity contribution in [1.82, 2.24) is 4.98 Å². The summed E-state index contributed by atoms with van der Waals surface area (Å²) in [5.74, 6) is -1.29. The molecule has 130 valence electrons. The quantitative estimate of drug-likeness (QED) is 0.331. The average molecular weight is 536 g/mol. The number of rotatable bonds is 3. The van der Waals surface area contributed by atoms with Crippen LogP contribution < -0.4 is 0 Å². The molecule has 2 nitrogen and oxygen atoms in total. The molecule has 1 heterocycles. The van der Waals surface area contributed by atoms with E-state index in [1.165, 1.54) is 17.9 Å². The molecule has 0 radical (unpaired) electrons. The maximum absolute atomic E-state index is 13.2. The fraction of sp³-hybridized carbons (Fsp3) is 0.0526. The third kappa shape index (κ3) is 7.65. The minimum absolute atomic E-state index is 0.187. The first-order valence-electron chi connectivity index (χ1n) is 7.02. The van der Waals surface area contributed by atoms with Gasteiger partial charge in [-0.25, -0.2) is 0 Å². The summed E-state index contributed by atoms with van der Waals surface area (Å²) in [5.41, 5.74) is 1.79. The van der Waals surface area contributed by atoms with E-state index in [1.807, 2.05) is 30.3 Å². The number of aromatic nitrogens is 1. The molecule has 0 spiro atoms. The number of pyridine rings is 1. The summed E-state index contributed by atoms with van der Waals surface area (Å²) in [5, 5.41) is 0. The molecule has 0 saturated carbocycles. The van der Waals surface area contributed by atoms with E-state index in [-0.39, 0.29) is 5.56 Å². The van der Waals surface area contributed by atoms with Crippen molar-refractivity contribution >= 4 is 16.3 Å². The first-order chi connectivity index (χ1) is 12.2. The summed E-state index contributed by atoms with van der Waals surface area (Å²) in [4.78, 5) is 7.45. The first-order valence-corrected chi connectivity index (χ1v) is 9.99. The minimum atomic E-state index is -0.649. The van der Waals surface area contributed by atoms with Gasteiger partial charge in [0.1, 0.15) is 0 Å². The van der Waals surface area contributed by atoms with Crippen LogP contribution in [0.3, 0.4) is 0 Å². The summed E-state index contributed by atoms with van der Waals surface area (Å²) in [6, 6.07) is 19.4. The molecule has 0 saturated heterocycles. The topological polar surface area (TPSA) is 25.2 Å². The van der Waals surface area contributed by atoms with Gasteiger partial charge in [-0.05, 0) is 17.3 Å². The van der Waals surface area contributed by atoms with Gasteiger partial charge < -0.3 is 16.7 Å². The van der Waals surface area contributed by atoms with Crippen LogP contribution in [0.1, 0.15) is 5.56 Å². The molecule has 0 unspecified atom stereocenters. The van der Waals surface area contributed by atoms with Crippen LogP contribution in [0, 0.1) is 17.7 Å². The van der Waals surface area contributed by atoms with Crippen LogP contribution in [0.4, 0.5) is 8.78 Å². The third-order valence-electron chi connectivity index (χ3n) is 2.90. The van der Waals surface area contributed by atoms with Gasteiger partial charge in [-0.1, -0.05) is 54.1 Å². The molecule has 0 aliphatic heterocycles. The fourth-order valence-electron chi connectivity index (χ4n) is 1.84. The van der Waals surface area contributed by atoms with E-state index in [2.05, 4.69) is 25.6 Å². The first kappa shape index (κ1) is 21.1. The van der Waals surface area contributed by atoms with Crippen molar-refractivity contribution in [1.29, 1.82) is 0 Å². The molecule has 0 fully saturated rings. The van der Waals surface area contributed by atoms with Crippen molar-refractivity contribution in [2.45, 2.75) is 6.54 Å². The molecular formula is C19H14ClF2IrN2. The Morgan fingerprint density at radius 1 is 1.08 bits per heavy atom.